The summed E-state index contributed by atoms with van der Waals surface area (Å²) in [5.41, 5.74) is 2.29. The summed E-state index contributed by atoms with van der Waals surface area (Å²) in [6.45, 7) is 5.05. The van der Waals surface area contributed by atoms with Crippen LogP contribution in [0, 0.1) is 10.1 Å². The first kappa shape index (κ1) is 18.5. The van der Waals surface area contributed by atoms with Crippen LogP contribution in [0.3, 0.4) is 0 Å². The molecule has 25 heavy (non-hydrogen) atoms. The molecule has 2 aromatic carbocycles. The van der Waals surface area contributed by atoms with Crippen molar-refractivity contribution in [3.05, 3.63) is 58.6 Å². The van der Waals surface area contributed by atoms with Gasteiger partial charge in [-0.05, 0) is 49.7 Å². The number of aliphatic hydroxyl groups excluding tert-OH is 1. The second-order valence-electron chi connectivity index (χ2n) is 5.71. The predicted molar refractivity (Wildman–Crippen MR) is 97.9 cm³/mol. The van der Waals surface area contributed by atoms with Crippen LogP contribution in [0.4, 0.5) is 22.7 Å². The van der Waals surface area contributed by atoms with Gasteiger partial charge in [-0.1, -0.05) is 6.92 Å². The number of non-ortho nitro benzene ring substituents is 1. The maximum atomic E-state index is 10.6. The Hall–Kier alpha value is -2.80. The van der Waals surface area contributed by atoms with Gasteiger partial charge in [-0.2, -0.15) is 10.2 Å². The molecular formula is C18H22N4O3. The van der Waals surface area contributed by atoms with Crippen molar-refractivity contribution in [2.24, 2.45) is 10.2 Å². The van der Waals surface area contributed by atoms with Gasteiger partial charge in [0.25, 0.3) is 5.69 Å². The highest BCUT2D eigenvalue weighted by molar-refractivity contribution is 5.53. The summed E-state index contributed by atoms with van der Waals surface area (Å²) in [5, 5.41) is 28.3. The Bertz CT molecular complexity index is 714. The van der Waals surface area contributed by atoms with Crippen LogP contribution in [0.1, 0.15) is 20.3 Å². The Labute approximate surface area is 146 Å². The van der Waals surface area contributed by atoms with E-state index in [0.717, 1.165) is 18.7 Å². The van der Waals surface area contributed by atoms with Crippen LogP contribution in [0.5, 0.6) is 0 Å². The van der Waals surface area contributed by atoms with Gasteiger partial charge in [-0.25, -0.2) is 0 Å². The topological polar surface area (TPSA) is 91.3 Å². The first-order valence-corrected chi connectivity index (χ1v) is 8.19. The summed E-state index contributed by atoms with van der Waals surface area (Å²) in [4.78, 5) is 12.3. The average Bonchev–Trinajstić information content (AvgIpc) is 2.64. The quantitative estimate of drug-likeness (QED) is 0.431. The van der Waals surface area contributed by atoms with Crippen molar-refractivity contribution in [1.29, 1.82) is 0 Å². The molecule has 0 saturated heterocycles. The number of aliphatic hydroxyl groups is 1. The van der Waals surface area contributed by atoms with Gasteiger partial charge < -0.3 is 10.0 Å². The third kappa shape index (κ3) is 5.09. The zero-order valence-corrected chi connectivity index (χ0v) is 14.4. The van der Waals surface area contributed by atoms with Crippen LogP contribution in [-0.2, 0) is 0 Å². The lowest BCUT2D eigenvalue weighted by molar-refractivity contribution is -0.384. The van der Waals surface area contributed by atoms with Gasteiger partial charge in [-0.3, -0.25) is 10.1 Å². The summed E-state index contributed by atoms with van der Waals surface area (Å²) in [6, 6.07) is 13.6. The molecule has 2 rings (SSSR count). The molecule has 0 spiro atoms. The van der Waals surface area contributed by atoms with Gasteiger partial charge in [0.1, 0.15) is 0 Å². The SMILES string of the molecule is CCCN(c1ccc(/N=N/c2ccc([N+](=O)[O-])cc2)cc1)C(C)CO. The van der Waals surface area contributed by atoms with E-state index in [1.54, 1.807) is 12.1 Å². The van der Waals surface area contributed by atoms with E-state index in [9.17, 15) is 15.2 Å². The van der Waals surface area contributed by atoms with Gasteiger partial charge in [-0.15, -0.1) is 0 Å². The van der Waals surface area contributed by atoms with Crippen LogP contribution in [0.15, 0.2) is 58.8 Å². The number of nitrogens with zero attached hydrogens (tertiary/aromatic N) is 4. The molecular weight excluding hydrogens is 320 g/mol. The Morgan fingerprint density at radius 2 is 1.60 bits per heavy atom. The third-order valence-electron chi connectivity index (χ3n) is 3.78. The largest absolute Gasteiger partial charge is 0.394 e. The van der Waals surface area contributed by atoms with Gasteiger partial charge in [0.15, 0.2) is 0 Å². The predicted octanol–water partition coefficient (Wildman–Crippen LogP) is 4.61. The van der Waals surface area contributed by atoms with Crippen molar-refractivity contribution in [2.75, 3.05) is 18.1 Å². The minimum Gasteiger partial charge on any atom is -0.394 e. The maximum Gasteiger partial charge on any atom is 0.269 e. The van der Waals surface area contributed by atoms with Crippen LogP contribution < -0.4 is 4.90 Å². The van der Waals surface area contributed by atoms with Crippen LogP contribution in [0.2, 0.25) is 0 Å². The lowest BCUT2D eigenvalue weighted by Gasteiger charge is -2.29. The highest BCUT2D eigenvalue weighted by atomic mass is 16.6. The number of azo groups is 1. The van der Waals surface area contributed by atoms with Gasteiger partial charge >= 0.3 is 0 Å². The van der Waals surface area contributed by atoms with E-state index >= 15 is 0 Å². The van der Waals surface area contributed by atoms with E-state index in [0.29, 0.717) is 11.4 Å². The van der Waals surface area contributed by atoms with Crippen LogP contribution in [-0.4, -0.2) is 29.2 Å². The Morgan fingerprint density at radius 1 is 1.08 bits per heavy atom. The fourth-order valence-corrected chi connectivity index (χ4v) is 2.41. The summed E-state index contributed by atoms with van der Waals surface area (Å²) in [6.07, 6.45) is 0.992. The number of hydrogen-bond acceptors (Lipinski definition) is 6. The Kier molecular flexibility index (Phi) is 6.59. The number of nitro benzene ring substituents is 1. The molecule has 0 aliphatic heterocycles. The van der Waals surface area contributed by atoms with E-state index in [1.165, 1.54) is 12.1 Å². The van der Waals surface area contributed by atoms with E-state index in [2.05, 4.69) is 22.1 Å². The molecule has 0 saturated carbocycles. The van der Waals surface area contributed by atoms with Crippen molar-refractivity contribution in [2.45, 2.75) is 26.3 Å². The molecule has 0 aliphatic carbocycles. The van der Waals surface area contributed by atoms with E-state index in [4.69, 9.17) is 0 Å². The number of rotatable bonds is 8. The first-order valence-electron chi connectivity index (χ1n) is 8.19. The summed E-state index contributed by atoms with van der Waals surface area (Å²) >= 11 is 0. The molecule has 1 N–H and O–H groups in total. The van der Waals surface area contributed by atoms with Crippen molar-refractivity contribution in [1.82, 2.24) is 0 Å². The second kappa shape index (κ2) is 8.89. The minimum absolute atomic E-state index is 0.0253. The number of benzene rings is 2. The number of nitro groups is 1. The Morgan fingerprint density at radius 3 is 2.04 bits per heavy atom. The molecule has 1 unspecified atom stereocenters. The van der Waals surface area contributed by atoms with Crippen molar-refractivity contribution < 1.29 is 10.0 Å². The van der Waals surface area contributed by atoms with Crippen LogP contribution in [0.25, 0.3) is 0 Å². The first-order chi connectivity index (χ1) is 12.0. The molecule has 2 aromatic rings. The molecule has 7 heteroatoms. The van der Waals surface area contributed by atoms with Crippen molar-refractivity contribution in [3.63, 3.8) is 0 Å². The molecule has 0 aliphatic rings. The number of hydrogen-bond donors (Lipinski definition) is 1. The van der Waals surface area contributed by atoms with E-state index < -0.39 is 4.92 Å². The second-order valence-corrected chi connectivity index (χ2v) is 5.71. The maximum absolute atomic E-state index is 10.6. The molecule has 0 heterocycles. The highest BCUT2D eigenvalue weighted by Crippen LogP contribution is 2.24. The lowest BCUT2D eigenvalue weighted by atomic mass is 10.2. The smallest absolute Gasteiger partial charge is 0.269 e. The lowest BCUT2D eigenvalue weighted by Crippen LogP contribution is -2.36. The normalized spacial score (nSPS) is 12.3. The Balaban J connectivity index is 2.09. The van der Waals surface area contributed by atoms with E-state index in [-0.39, 0.29) is 18.3 Å². The molecule has 0 radical (unpaired) electrons. The fourth-order valence-electron chi connectivity index (χ4n) is 2.41. The molecule has 1 atom stereocenters. The third-order valence-corrected chi connectivity index (χ3v) is 3.78. The van der Waals surface area contributed by atoms with Gasteiger partial charge in [0, 0.05) is 30.4 Å². The number of anilines is 1. The summed E-state index contributed by atoms with van der Waals surface area (Å²) in [7, 11) is 0. The van der Waals surface area contributed by atoms with Gasteiger partial charge in [0.05, 0.1) is 22.9 Å². The molecule has 7 nitrogen and oxygen atoms in total. The fraction of sp³-hybridized carbons (Fsp3) is 0.333. The molecule has 0 amide bonds. The van der Waals surface area contributed by atoms with Crippen molar-refractivity contribution >= 4 is 22.7 Å². The summed E-state index contributed by atoms with van der Waals surface area (Å²) in [5.74, 6) is 0. The monoisotopic (exact) mass is 342 g/mol. The standard InChI is InChI=1S/C18H22N4O3/c1-3-12-21(14(2)13-23)17-8-4-15(5-9-17)19-20-16-6-10-18(11-7-16)22(24)25/h4-11,14,23H,3,12-13H2,1-2H3/b20-19+. The molecule has 0 bridgehead atoms. The molecule has 0 fully saturated rings. The molecule has 0 aromatic heterocycles. The van der Waals surface area contributed by atoms with E-state index in [1.807, 2.05) is 31.2 Å². The van der Waals surface area contributed by atoms with Gasteiger partial charge in [0.2, 0.25) is 0 Å². The highest BCUT2D eigenvalue weighted by Gasteiger charge is 2.12. The molecule has 132 valence electrons. The zero-order chi connectivity index (χ0) is 18.2. The summed E-state index contributed by atoms with van der Waals surface area (Å²) < 4.78 is 0. The zero-order valence-electron chi connectivity index (χ0n) is 14.4. The van der Waals surface area contributed by atoms with Crippen molar-refractivity contribution in [3.8, 4) is 0 Å². The van der Waals surface area contributed by atoms with Crippen LogP contribution >= 0.6 is 0 Å². The average molecular weight is 342 g/mol. The minimum atomic E-state index is -0.449.